The largest absolute Gasteiger partial charge is 0.416 e. The van der Waals surface area contributed by atoms with Crippen molar-refractivity contribution in [2.45, 2.75) is 45.2 Å². The second-order valence-electron chi connectivity index (χ2n) is 5.78. The first-order chi connectivity index (χ1) is 9.38. The molecule has 0 spiro atoms. The summed E-state index contributed by atoms with van der Waals surface area (Å²) in [6.07, 6.45) is 0.0788. The van der Waals surface area contributed by atoms with Gasteiger partial charge >= 0.3 is 6.18 Å². The van der Waals surface area contributed by atoms with Crippen molar-refractivity contribution in [3.05, 3.63) is 35.4 Å². The first kappa shape index (κ1) is 14.9. The molecule has 0 heterocycles. The van der Waals surface area contributed by atoms with Gasteiger partial charge in [-0.05, 0) is 49.3 Å². The Kier molecular flexibility index (Phi) is 4.08. The smallest absolute Gasteiger partial charge is 0.198 e. The van der Waals surface area contributed by atoms with Crippen LogP contribution in [0.1, 0.15) is 43.7 Å². The molecule has 108 valence electrons. The highest BCUT2D eigenvalue weighted by Crippen LogP contribution is 2.45. The lowest BCUT2D eigenvalue weighted by atomic mass is 9.80. The van der Waals surface area contributed by atoms with Gasteiger partial charge < -0.3 is 0 Å². The summed E-state index contributed by atoms with van der Waals surface area (Å²) in [5, 5.41) is 9.44. The van der Waals surface area contributed by atoms with E-state index in [2.05, 4.69) is 13.0 Å². The standard InChI is InChI=1S/C16H18F3N/c1-2-12-7-8-15(9-12,11-20)10-13-3-5-14(6-4-13)16(17,18)19/h3-6,12H,2,7-10H2,1H3. The fourth-order valence-electron chi connectivity index (χ4n) is 3.09. The molecule has 2 unspecified atom stereocenters. The summed E-state index contributed by atoms with van der Waals surface area (Å²) < 4.78 is 37.5. The van der Waals surface area contributed by atoms with Gasteiger partial charge in [-0.3, -0.25) is 0 Å². The second kappa shape index (κ2) is 5.47. The molecule has 2 rings (SSSR count). The first-order valence-corrected chi connectivity index (χ1v) is 6.96. The fraction of sp³-hybridized carbons (Fsp3) is 0.562. The average Bonchev–Trinajstić information content (AvgIpc) is 2.82. The number of halogens is 3. The number of hydrogen-bond donors (Lipinski definition) is 0. The number of hydrogen-bond acceptors (Lipinski definition) is 1. The molecular weight excluding hydrogens is 263 g/mol. The monoisotopic (exact) mass is 281 g/mol. The lowest BCUT2D eigenvalue weighted by molar-refractivity contribution is -0.137. The molecule has 1 saturated carbocycles. The average molecular weight is 281 g/mol. The molecule has 0 aliphatic heterocycles. The number of nitriles is 1. The molecule has 0 amide bonds. The van der Waals surface area contributed by atoms with Crippen LogP contribution in [0.5, 0.6) is 0 Å². The molecule has 1 aromatic rings. The van der Waals surface area contributed by atoms with Gasteiger partial charge in [0.15, 0.2) is 0 Å². The van der Waals surface area contributed by atoms with E-state index >= 15 is 0 Å². The van der Waals surface area contributed by atoms with Crippen LogP contribution in [0.15, 0.2) is 24.3 Å². The van der Waals surface area contributed by atoms with E-state index in [-0.39, 0.29) is 5.41 Å². The van der Waals surface area contributed by atoms with Gasteiger partial charge in [-0.1, -0.05) is 25.5 Å². The third-order valence-electron chi connectivity index (χ3n) is 4.35. The van der Waals surface area contributed by atoms with E-state index in [1.807, 2.05) is 0 Å². The molecule has 4 heteroatoms. The molecule has 0 aromatic heterocycles. The van der Waals surface area contributed by atoms with Gasteiger partial charge in [0.05, 0.1) is 17.0 Å². The van der Waals surface area contributed by atoms with Crippen LogP contribution in [0.2, 0.25) is 0 Å². The van der Waals surface area contributed by atoms with Crippen LogP contribution in [0.25, 0.3) is 0 Å². The molecule has 1 aliphatic rings. The number of nitrogens with zero attached hydrogens (tertiary/aromatic N) is 1. The minimum absolute atomic E-state index is 0.388. The molecule has 1 nitrogen and oxygen atoms in total. The zero-order valence-corrected chi connectivity index (χ0v) is 11.5. The van der Waals surface area contributed by atoms with Crippen LogP contribution in [0.4, 0.5) is 13.2 Å². The Hall–Kier alpha value is -1.50. The van der Waals surface area contributed by atoms with Gasteiger partial charge in [0.25, 0.3) is 0 Å². The minimum Gasteiger partial charge on any atom is -0.198 e. The molecular formula is C16H18F3N. The van der Waals surface area contributed by atoms with Crippen molar-refractivity contribution in [3.8, 4) is 6.07 Å². The zero-order chi connectivity index (χ0) is 14.8. The van der Waals surface area contributed by atoms with Crippen molar-refractivity contribution in [2.75, 3.05) is 0 Å². The molecule has 0 N–H and O–H groups in total. The molecule has 20 heavy (non-hydrogen) atoms. The first-order valence-electron chi connectivity index (χ1n) is 6.96. The van der Waals surface area contributed by atoms with Gasteiger partial charge in [-0.25, -0.2) is 0 Å². The van der Waals surface area contributed by atoms with Gasteiger partial charge in [0.2, 0.25) is 0 Å². The highest BCUT2D eigenvalue weighted by atomic mass is 19.4. The Morgan fingerprint density at radius 2 is 1.95 bits per heavy atom. The maximum absolute atomic E-state index is 12.5. The van der Waals surface area contributed by atoms with Crippen LogP contribution in [0.3, 0.4) is 0 Å². The van der Waals surface area contributed by atoms with Gasteiger partial charge in [-0.2, -0.15) is 18.4 Å². The topological polar surface area (TPSA) is 23.8 Å². The summed E-state index contributed by atoms with van der Waals surface area (Å²) in [4.78, 5) is 0. The quantitative estimate of drug-likeness (QED) is 0.767. The van der Waals surface area contributed by atoms with Crippen LogP contribution in [0, 0.1) is 22.7 Å². The summed E-state index contributed by atoms with van der Waals surface area (Å²) in [5.74, 6) is 0.573. The summed E-state index contributed by atoms with van der Waals surface area (Å²) >= 11 is 0. The Morgan fingerprint density at radius 1 is 1.30 bits per heavy atom. The third-order valence-corrected chi connectivity index (χ3v) is 4.35. The van der Waals surface area contributed by atoms with E-state index < -0.39 is 11.7 Å². The molecule has 0 radical (unpaired) electrons. The number of rotatable bonds is 3. The second-order valence-corrected chi connectivity index (χ2v) is 5.78. The van der Waals surface area contributed by atoms with Gasteiger partial charge in [-0.15, -0.1) is 0 Å². The lowest BCUT2D eigenvalue weighted by Gasteiger charge is -2.21. The molecule has 1 fully saturated rings. The van der Waals surface area contributed by atoms with Crippen LogP contribution in [-0.2, 0) is 12.6 Å². The highest BCUT2D eigenvalue weighted by molar-refractivity contribution is 5.27. The Balaban J connectivity index is 2.12. The molecule has 1 aromatic carbocycles. The molecule has 0 saturated heterocycles. The van der Waals surface area contributed by atoms with Crippen molar-refractivity contribution in [3.63, 3.8) is 0 Å². The highest BCUT2D eigenvalue weighted by Gasteiger charge is 2.39. The summed E-state index contributed by atoms with van der Waals surface area (Å²) in [5.41, 5.74) is -0.207. The van der Waals surface area contributed by atoms with Crippen LogP contribution in [-0.4, -0.2) is 0 Å². The molecule has 2 atom stereocenters. The van der Waals surface area contributed by atoms with Crippen molar-refractivity contribution in [1.82, 2.24) is 0 Å². The predicted octanol–water partition coefficient (Wildman–Crippen LogP) is 4.97. The van der Waals surface area contributed by atoms with Crippen LogP contribution < -0.4 is 0 Å². The van der Waals surface area contributed by atoms with E-state index in [1.165, 1.54) is 12.1 Å². The fourth-order valence-corrected chi connectivity index (χ4v) is 3.09. The van der Waals surface area contributed by atoms with Gasteiger partial charge in [0.1, 0.15) is 0 Å². The summed E-state index contributed by atoms with van der Waals surface area (Å²) in [7, 11) is 0. The van der Waals surface area contributed by atoms with E-state index in [1.54, 1.807) is 0 Å². The number of benzene rings is 1. The maximum atomic E-state index is 12.5. The summed E-state index contributed by atoms with van der Waals surface area (Å²) in [6.45, 7) is 2.12. The summed E-state index contributed by atoms with van der Waals surface area (Å²) in [6, 6.07) is 7.62. The lowest BCUT2D eigenvalue weighted by Crippen LogP contribution is -2.18. The normalized spacial score (nSPS) is 26.4. The van der Waals surface area contributed by atoms with Gasteiger partial charge in [0, 0.05) is 0 Å². The van der Waals surface area contributed by atoms with E-state index in [0.717, 1.165) is 43.4 Å². The van der Waals surface area contributed by atoms with Crippen molar-refractivity contribution < 1.29 is 13.2 Å². The number of alkyl halides is 3. The van der Waals surface area contributed by atoms with E-state index in [0.29, 0.717) is 12.3 Å². The van der Waals surface area contributed by atoms with E-state index in [4.69, 9.17) is 0 Å². The maximum Gasteiger partial charge on any atom is 0.416 e. The van der Waals surface area contributed by atoms with Crippen molar-refractivity contribution >= 4 is 0 Å². The molecule has 1 aliphatic carbocycles. The zero-order valence-electron chi connectivity index (χ0n) is 11.5. The van der Waals surface area contributed by atoms with E-state index in [9.17, 15) is 18.4 Å². The van der Waals surface area contributed by atoms with Crippen molar-refractivity contribution in [1.29, 1.82) is 5.26 Å². The Labute approximate surface area is 117 Å². The van der Waals surface area contributed by atoms with Crippen LogP contribution >= 0.6 is 0 Å². The predicted molar refractivity (Wildman–Crippen MR) is 70.8 cm³/mol. The minimum atomic E-state index is -4.30. The molecule has 0 bridgehead atoms. The SMILES string of the molecule is CCC1CCC(C#N)(Cc2ccc(C(F)(F)F)cc2)C1. The Morgan fingerprint density at radius 3 is 2.40 bits per heavy atom. The van der Waals surface area contributed by atoms with Crippen molar-refractivity contribution in [2.24, 2.45) is 11.3 Å². The Bertz CT molecular complexity index is 498. The third kappa shape index (κ3) is 3.15.